The molecule has 2 aromatic rings. The highest BCUT2D eigenvalue weighted by Gasteiger charge is 2.02. The van der Waals surface area contributed by atoms with Crippen molar-refractivity contribution in [1.29, 1.82) is 0 Å². The highest BCUT2D eigenvalue weighted by molar-refractivity contribution is 9.11. The van der Waals surface area contributed by atoms with Crippen LogP contribution in [0.1, 0.15) is 15.9 Å². The number of carbonyl (C=O) groups excluding carboxylic acids is 1. The van der Waals surface area contributed by atoms with E-state index in [0.29, 0.717) is 12.2 Å². The van der Waals surface area contributed by atoms with E-state index in [4.69, 9.17) is 4.74 Å². The summed E-state index contributed by atoms with van der Waals surface area (Å²) in [4.78, 5) is 10.5. The molecule has 0 amide bonds. The fourth-order valence-electron chi connectivity index (χ4n) is 1.44. The molecule has 0 spiro atoms. The maximum atomic E-state index is 10.5. The Balaban J connectivity index is 2.04. The average molecular weight is 370 g/mol. The van der Waals surface area contributed by atoms with Crippen LogP contribution in [0.4, 0.5) is 0 Å². The molecule has 4 heteroatoms. The van der Waals surface area contributed by atoms with Crippen LogP contribution in [-0.4, -0.2) is 6.29 Å². The van der Waals surface area contributed by atoms with E-state index < -0.39 is 0 Å². The van der Waals surface area contributed by atoms with Crippen LogP contribution in [0.5, 0.6) is 5.75 Å². The molecular formula is C14H10Br2O2. The number of carbonyl (C=O) groups is 1. The maximum absolute atomic E-state index is 10.5. The molecule has 0 atom stereocenters. The highest BCUT2D eigenvalue weighted by Crippen LogP contribution is 2.23. The normalized spacial score (nSPS) is 10.1. The lowest BCUT2D eigenvalue weighted by Gasteiger charge is -2.08. The Morgan fingerprint density at radius 1 is 1.06 bits per heavy atom. The lowest BCUT2D eigenvalue weighted by molar-refractivity contribution is 0.112. The van der Waals surface area contributed by atoms with E-state index >= 15 is 0 Å². The van der Waals surface area contributed by atoms with Crippen molar-refractivity contribution >= 4 is 38.1 Å². The summed E-state index contributed by atoms with van der Waals surface area (Å²) in [6.45, 7) is 0.480. The van der Waals surface area contributed by atoms with E-state index in [0.717, 1.165) is 26.5 Å². The van der Waals surface area contributed by atoms with Crippen LogP contribution in [0.25, 0.3) is 0 Å². The van der Waals surface area contributed by atoms with Gasteiger partial charge in [0.25, 0.3) is 0 Å². The number of benzene rings is 2. The fraction of sp³-hybridized carbons (Fsp3) is 0.0714. The summed E-state index contributed by atoms with van der Waals surface area (Å²) in [5.74, 6) is 0.746. The second kappa shape index (κ2) is 6.16. The van der Waals surface area contributed by atoms with Crippen molar-refractivity contribution in [2.75, 3.05) is 0 Å². The second-order valence-electron chi connectivity index (χ2n) is 3.71. The molecule has 2 nitrogen and oxygen atoms in total. The van der Waals surface area contributed by atoms with Crippen LogP contribution in [-0.2, 0) is 6.61 Å². The Bertz CT molecular complexity index is 550. The molecule has 0 N–H and O–H groups in total. The quantitative estimate of drug-likeness (QED) is 0.736. The van der Waals surface area contributed by atoms with Gasteiger partial charge in [-0.2, -0.15) is 0 Å². The maximum Gasteiger partial charge on any atom is 0.150 e. The molecule has 0 saturated carbocycles. The predicted octanol–water partition coefficient (Wildman–Crippen LogP) is 4.60. The van der Waals surface area contributed by atoms with Crippen LogP contribution >= 0.6 is 31.9 Å². The molecule has 0 radical (unpaired) electrons. The minimum atomic E-state index is 0.480. The van der Waals surface area contributed by atoms with E-state index in [-0.39, 0.29) is 0 Å². The van der Waals surface area contributed by atoms with Gasteiger partial charge in [-0.1, -0.05) is 37.9 Å². The van der Waals surface area contributed by atoms with E-state index in [1.165, 1.54) is 0 Å². The van der Waals surface area contributed by atoms with Gasteiger partial charge in [0.15, 0.2) is 0 Å². The molecule has 0 unspecified atom stereocenters. The van der Waals surface area contributed by atoms with Crippen molar-refractivity contribution < 1.29 is 9.53 Å². The first-order chi connectivity index (χ1) is 8.69. The van der Waals surface area contributed by atoms with Gasteiger partial charge >= 0.3 is 0 Å². The third-order valence-electron chi connectivity index (χ3n) is 2.43. The molecule has 0 heterocycles. The number of rotatable bonds is 4. The molecule has 0 bridgehead atoms. The molecule has 92 valence electrons. The zero-order chi connectivity index (χ0) is 13.0. The van der Waals surface area contributed by atoms with Gasteiger partial charge < -0.3 is 4.74 Å². The molecule has 0 aliphatic rings. The summed E-state index contributed by atoms with van der Waals surface area (Å²) in [6, 6.07) is 13.0. The van der Waals surface area contributed by atoms with Crippen molar-refractivity contribution in [2.45, 2.75) is 6.61 Å². The summed E-state index contributed by atoms with van der Waals surface area (Å²) >= 11 is 6.89. The topological polar surface area (TPSA) is 26.3 Å². The molecule has 0 aliphatic heterocycles. The van der Waals surface area contributed by atoms with Gasteiger partial charge in [-0.3, -0.25) is 4.79 Å². The standard InChI is InChI=1S/C14H10Br2O2/c15-12-4-3-11(14(16)7-12)9-18-13-5-1-10(8-17)2-6-13/h1-8H,9H2. The summed E-state index contributed by atoms with van der Waals surface area (Å²) in [7, 11) is 0. The molecule has 18 heavy (non-hydrogen) atoms. The minimum absolute atomic E-state index is 0.480. The Morgan fingerprint density at radius 3 is 2.39 bits per heavy atom. The monoisotopic (exact) mass is 368 g/mol. The van der Waals surface area contributed by atoms with E-state index in [9.17, 15) is 4.79 Å². The molecule has 2 rings (SSSR count). The van der Waals surface area contributed by atoms with Gasteiger partial charge in [-0.25, -0.2) is 0 Å². The summed E-state index contributed by atoms with van der Waals surface area (Å²) in [5, 5.41) is 0. The van der Waals surface area contributed by atoms with Crippen LogP contribution < -0.4 is 4.74 Å². The van der Waals surface area contributed by atoms with Crippen LogP contribution in [0.2, 0.25) is 0 Å². The zero-order valence-corrected chi connectivity index (χ0v) is 12.6. The highest BCUT2D eigenvalue weighted by atomic mass is 79.9. The zero-order valence-electron chi connectivity index (χ0n) is 9.40. The van der Waals surface area contributed by atoms with Gasteiger partial charge in [0.2, 0.25) is 0 Å². The average Bonchev–Trinajstić information content (AvgIpc) is 2.38. The van der Waals surface area contributed by atoms with Gasteiger partial charge in [0.1, 0.15) is 18.6 Å². The van der Waals surface area contributed by atoms with Crippen LogP contribution in [0.3, 0.4) is 0 Å². The van der Waals surface area contributed by atoms with Gasteiger partial charge in [-0.05, 0) is 36.4 Å². The largest absolute Gasteiger partial charge is 0.489 e. The lowest BCUT2D eigenvalue weighted by atomic mass is 10.2. The van der Waals surface area contributed by atoms with Crippen molar-refractivity contribution in [3.8, 4) is 5.75 Å². The molecule has 2 aromatic carbocycles. The molecule has 0 aromatic heterocycles. The predicted molar refractivity (Wildman–Crippen MR) is 78.0 cm³/mol. The molecule has 0 aliphatic carbocycles. The number of hydrogen-bond acceptors (Lipinski definition) is 2. The number of aldehydes is 1. The van der Waals surface area contributed by atoms with Crippen molar-refractivity contribution in [2.24, 2.45) is 0 Å². The lowest BCUT2D eigenvalue weighted by Crippen LogP contribution is -1.96. The number of halogens is 2. The fourth-order valence-corrected chi connectivity index (χ4v) is 2.60. The van der Waals surface area contributed by atoms with Gasteiger partial charge in [0.05, 0.1) is 0 Å². The van der Waals surface area contributed by atoms with E-state index in [1.807, 2.05) is 18.2 Å². The number of ether oxygens (including phenoxy) is 1. The van der Waals surface area contributed by atoms with Crippen molar-refractivity contribution in [3.63, 3.8) is 0 Å². The van der Waals surface area contributed by atoms with Gasteiger partial charge in [-0.15, -0.1) is 0 Å². The first-order valence-electron chi connectivity index (χ1n) is 5.31. The Labute approximate surface area is 122 Å². The Hall–Kier alpha value is -1.13. The first kappa shape index (κ1) is 13.3. The van der Waals surface area contributed by atoms with Crippen molar-refractivity contribution in [3.05, 3.63) is 62.5 Å². The molecule has 0 fully saturated rings. The molecule has 0 saturated heterocycles. The third kappa shape index (κ3) is 3.43. The smallest absolute Gasteiger partial charge is 0.150 e. The van der Waals surface area contributed by atoms with Crippen LogP contribution in [0, 0.1) is 0 Å². The summed E-state index contributed by atoms with van der Waals surface area (Å²) in [6.07, 6.45) is 0.815. The first-order valence-corrected chi connectivity index (χ1v) is 6.89. The Kier molecular flexibility index (Phi) is 4.55. The summed E-state index contributed by atoms with van der Waals surface area (Å²) < 4.78 is 7.67. The van der Waals surface area contributed by atoms with Gasteiger partial charge in [0, 0.05) is 20.1 Å². The van der Waals surface area contributed by atoms with Crippen molar-refractivity contribution in [1.82, 2.24) is 0 Å². The number of hydrogen-bond donors (Lipinski definition) is 0. The Morgan fingerprint density at radius 2 is 1.78 bits per heavy atom. The van der Waals surface area contributed by atoms with E-state index in [2.05, 4.69) is 31.9 Å². The third-order valence-corrected chi connectivity index (χ3v) is 3.66. The van der Waals surface area contributed by atoms with Crippen LogP contribution in [0.15, 0.2) is 51.4 Å². The summed E-state index contributed by atoms with van der Waals surface area (Å²) in [5.41, 5.74) is 1.71. The van der Waals surface area contributed by atoms with E-state index in [1.54, 1.807) is 24.3 Å². The minimum Gasteiger partial charge on any atom is -0.489 e. The second-order valence-corrected chi connectivity index (χ2v) is 5.48. The SMILES string of the molecule is O=Cc1ccc(OCc2ccc(Br)cc2Br)cc1. The molecular weight excluding hydrogens is 360 g/mol.